The first kappa shape index (κ1) is 9.85. The van der Waals surface area contributed by atoms with E-state index in [1.807, 2.05) is 5.48 Å². The van der Waals surface area contributed by atoms with Crippen LogP contribution in [0.4, 0.5) is 0 Å². The van der Waals surface area contributed by atoms with E-state index in [1.54, 1.807) is 0 Å². The molecule has 3 unspecified atom stereocenters. The highest BCUT2D eigenvalue weighted by atomic mass is 16.8. The van der Waals surface area contributed by atoms with E-state index in [4.69, 9.17) is 19.4 Å². The van der Waals surface area contributed by atoms with Gasteiger partial charge in [-0.3, -0.25) is 0 Å². The van der Waals surface area contributed by atoms with Crippen molar-refractivity contribution in [2.45, 2.75) is 18.7 Å². The summed E-state index contributed by atoms with van der Waals surface area (Å²) >= 11 is 0. The van der Waals surface area contributed by atoms with Crippen molar-refractivity contribution in [2.75, 3.05) is 20.3 Å². The SMILES string of the molecule is COC1OCC(CNO)OC1O. The predicted molar refractivity (Wildman–Crippen MR) is 37.4 cm³/mol. The van der Waals surface area contributed by atoms with Crippen molar-refractivity contribution in [1.82, 2.24) is 5.48 Å². The van der Waals surface area contributed by atoms with Crippen molar-refractivity contribution >= 4 is 0 Å². The summed E-state index contributed by atoms with van der Waals surface area (Å²) in [4.78, 5) is 0. The largest absolute Gasteiger partial charge is 0.364 e. The zero-order valence-electron chi connectivity index (χ0n) is 6.77. The van der Waals surface area contributed by atoms with Crippen LogP contribution in [0.25, 0.3) is 0 Å². The van der Waals surface area contributed by atoms with Gasteiger partial charge in [0, 0.05) is 13.7 Å². The second kappa shape index (κ2) is 4.70. The molecule has 1 saturated heterocycles. The number of aliphatic hydroxyl groups excluding tert-OH is 1. The third-order valence-electron chi connectivity index (χ3n) is 1.56. The molecule has 0 amide bonds. The van der Waals surface area contributed by atoms with Gasteiger partial charge in [-0.05, 0) is 0 Å². The average Bonchev–Trinajstić information content (AvgIpc) is 2.05. The zero-order chi connectivity index (χ0) is 8.97. The van der Waals surface area contributed by atoms with Crippen LogP contribution in [0.1, 0.15) is 0 Å². The Hall–Kier alpha value is -0.240. The Morgan fingerprint density at radius 1 is 1.67 bits per heavy atom. The number of nitrogens with one attached hydrogen (secondary N) is 1. The minimum atomic E-state index is -1.10. The van der Waals surface area contributed by atoms with Gasteiger partial charge < -0.3 is 24.5 Å². The molecule has 1 heterocycles. The van der Waals surface area contributed by atoms with Crippen LogP contribution in [0.3, 0.4) is 0 Å². The lowest BCUT2D eigenvalue weighted by Gasteiger charge is -2.32. The molecular weight excluding hydrogens is 166 g/mol. The van der Waals surface area contributed by atoms with E-state index in [-0.39, 0.29) is 19.3 Å². The molecule has 0 aromatic rings. The van der Waals surface area contributed by atoms with Crippen LogP contribution in [0, 0.1) is 0 Å². The molecule has 6 heteroatoms. The molecule has 3 N–H and O–H groups in total. The number of aliphatic hydroxyl groups is 1. The van der Waals surface area contributed by atoms with E-state index in [0.29, 0.717) is 0 Å². The van der Waals surface area contributed by atoms with E-state index in [0.717, 1.165) is 0 Å². The van der Waals surface area contributed by atoms with E-state index in [9.17, 15) is 5.11 Å². The Balaban J connectivity index is 2.30. The molecular formula is C6H13NO5. The minimum Gasteiger partial charge on any atom is -0.364 e. The molecule has 0 aliphatic carbocycles. The Morgan fingerprint density at radius 3 is 2.92 bits per heavy atom. The molecule has 1 fully saturated rings. The Bertz CT molecular complexity index is 133. The third kappa shape index (κ3) is 2.37. The summed E-state index contributed by atoms with van der Waals surface area (Å²) in [6.45, 7) is 0.497. The maximum atomic E-state index is 9.18. The lowest BCUT2D eigenvalue weighted by Crippen LogP contribution is -2.47. The fourth-order valence-electron chi connectivity index (χ4n) is 0.978. The smallest absolute Gasteiger partial charge is 0.209 e. The van der Waals surface area contributed by atoms with Crippen LogP contribution in [-0.2, 0) is 14.2 Å². The molecule has 0 spiro atoms. The van der Waals surface area contributed by atoms with Crippen molar-refractivity contribution in [3.63, 3.8) is 0 Å². The number of hydrogen-bond donors (Lipinski definition) is 3. The fraction of sp³-hybridized carbons (Fsp3) is 1.00. The van der Waals surface area contributed by atoms with Crippen LogP contribution in [0.2, 0.25) is 0 Å². The fourth-order valence-corrected chi connectivity index (χ4v) is 0.978. The van der Waals surface area contributed by atoms with Crippen molar-refractivity contribution in [3.8, 4) is 0 Å². The van der Waals surface area contributed by atoms with E-state index in [2.05, 4.69) is 0 Å². The molecule has 1 aliphatic heterocycles. The summed E-state index contributed by atoms with van der Waals surface area (Å²) in [5.74, 6) is 0. The highest BCUT2D eigenvalue weighted by Gasteiger charge is 2.30. The number of methoxy groups -OCH3 is 1. The Labute approximate surface area is 70.0 Å². The summed E-state index contributed by atoms with van der Waals surface area (Å²) in [6, 6.07) is 0. The van der Waals surface area contributed by atoms with Gasteiger partial charge in [-0.15, -0.1) is 0 Å². The molecule has 72 valence electrons. The second-order valence-corrected chi connectivity index (χ2v) is 2.45. The van der Waals surface area contributed by atoms with Gasteiger partial charge in [0.2, 0.25) is 12.6 Å². The standard InChI is InChI=1S/C6H13NO5/c1-10-6-5(8)12-4(2-7-9)3-11-6/h4-9H,2-3H2,1H3. The molecule has 0 bridgehead atoms. The molecule has 0 aromatic carbocycles. The van der Waals surface area contributed by atoms with Gasteiger partial charge in [-0.2, -0.15) is 0 Å². The summed E-state index contributed by atoms with van der Waals surface area (Å²) in [5.41, 5.74) is 1.93. The minimum absolute atomic E-state index is 0.216. The number of ether oxygens (including phenoxy) is 3. The summed E-state index contributed by atoms with van der Waals surface area (Å²) in [7, 11) is 1.42. The van der Waals surface area contributed by atoms with Gasteiger partial charge in [-0.25, -0.2) is 5.48 Å². The first-order valence-electron chi connectivity index (χ1n) is 3.62. The third-order valence-corrected chi connectivity index (χ3v) is 1.56. The first-order chi connectivity index (χ1) is 5.77. The van der Waals surface area contributed by atoms with E-state index in [1.165, 1.54) is 7.11 Å². The average molecular weight is 179 g/mol. The summed E-state index contributed by atoms with van der Waals surface area (Å²) in [5, 5.41) is 17.5. The lowest BCUT2D eigenvalue weighted by atomic mass is 10.3. The molecule has 0 aromatic heterocycles. The molecule has 6 nitrogen and oxygen atoms in total. The van der Waals surface area contributed by atoms with Crippen LogP contribution in [0.5, 0.6) is 0 Å². The summed E-state index contributed by atoms with van der Waals surface area (Å²) in [6.07, 6.45) is -2.18. The second-order valence-electron chi connectivity index (χ2n) is 2.45. The summed E-state index contributed by atoms with van der Waals surface area (Å²) < 4.78 is 14.8. The zero-order valence-corrected chi connectivity index (χ0v) is 6.77. The maximum absolute atomic E-state index is 9.18. The first-order valence-corrected chi connectivity index (χ1v) is 3.62. The van der Waals surface area contributed by atoms with Gasteiger partial charge in [0.25, 0.3) is 0 Å². The van der Waals surface area contributed by atoms with Gasteiger partial charge in [0.05, 0.1) is 12.7 Å². The topological polar surface area (TPSA) is 80.2 Å². The van der Waals surface area contributed by atoms with Gasteiger partial charge in [0.15, 0.2) is 0 Å². The predicted octanol–water partition coefficient (Wildman–Crippen LogP) is -1.33. The van der Waals surface area contributed by atoms with Gasteiger partial charge >= 0.3 is 0 Å². The highest BCUT2D eigenvalue weighted by Crippen LogP contribution is 2.12. The number of hydrogen-bond acceptors (Lipinski definition) is 6. The number of rotatable bonds is 3. The van der Waals surface area contributed by atoms with Crippen LogP contribution in [0.15, 0.2) is 0 Å². The van der Waals surface area contributed by atoms with Crippen LogP contribution < -0.4 is 5.48 Å². The Kier molecular flexibility index (Phi) is 3.86. The van der Waals surface area contributed by atoms with Crippen LogP contribution >= 0.6 is 0 Å². The molecule has 1 rings (SSSR count). The van der Waals surface area contributed by atoms with Crippen molar-refractivity contribution < 1.29 is 24.5 Å². The monoisotopic (exact) mass is 179 g/mol. The molecule has 12 heavy (non-hydrogen) atoms. The molecule has 0 radical (unpaired) electrons. The van der Waals surface area contributed by atoms with Gasteiger partial charge in [0.1, 0.15) is 0 Å². The molecule has 3 atom stereocenters. The highest BCUT2D eigenvalue weighted by molar-refractivity contribution is 4.65. The lowest BCUT2D eigenvalue weighted by molar-refractivity contribution is -0.321. The molecule has 1 aliphatic rings. The van der Waals surface area contributed by atoms with E-state index >= 15 is 0 Å². The van der Waals surface area contributed by atoms with Crippen LogP contribution in [-0.4, -0.2) is 49.3 Å². The van der Waals surface area contributed by atoms with Crippen molar-refractivity contribution in [2.24, 2.45) is 0 Å². The van der Waals surface area contributed by atoms with E-state index < -0.39 is 12.6 Å². The normalized spacial score (nSPS) is 36.8. The number of hydroxylamine groups is 1. The van der Waals surface area contributed by atoms with Gasteiger partial charge in [-0.1, -0.05) is 0 Å². The molecule has 0 saturated carbocycles. The quantitative estimate of drug-likeness (QED) is 0.466. The maximum Gasteiger partial charge on any atom is 0.209 e. The van der Waals surface area contributed by atoms with Crippen molar-refractivity contribution in [3.05, 3.63) is 0 Å². The Morgan fingerprint density at radius 2 is 2.42 bits per heavy atom. The van der Waals surface area contributed by atoms with Crippen molar-refractivity contribution in [1.29, 1.82) is 0 Å².